The highest BCUT2D eigenvalue weighted by molar-refractivity contribution is 5.86. The van der Waals surface area contributed by atoms with Gasteiger partial charge in [-0.05, 0) is 61.0 Å². The lowest BCUT2D eigenvalue weighted by molar-refractivity contribution is 0.217. The number of nitrogens with zero attached hydrogens (tertiary/aromatic N) is 1. The van der Waals surface area contributed by atoms with Crippen LogP contribution in [0.25, 0.3) is 10.9 Å². The quantitative estimate of drug-likeness (QED) is 0.542. The molecule has 2 N–H and O–H groups in total. The number of H-pyrrole nitrogens is 1. The minimum Gasteiger partial charge on any atom is -0.497 e. The number of nitrogens with one attached hydrogen (secondary N) is 2. The van der Waals surface area contributed by atoms with Crippen LogP contribution in [0.5, 0.6) is 17.2 Å². The highest BCUT2D eigenvalue weighted by Crippen LogP contribution is 2.37. The molecule has 1 aromatic heterocycles. The fourth-order valence-corrected chi connectivity index (χ4v) is 4.43. The van der Waals surface area contributed by atoms with E-state index in [-0.39, 0.29) is 6.04 Å². The van der Waals surface area contributed by atoms with Gasteiger partial charge in [-0.2, -0.15) is 0 Å². The van der Waals surface area contributed by atoms with E-state index in [0.717, 1.165) is 60.9 Å². The highest BCUT2D eigenvalue weighted by atomic mass is 16.5. The number of methoxy groups -OCH3 is 2. The summed E-state index contributed by atoms with van der Waals surface area (Å²) in [6.07, 6.45) is 0.989. The first-order valence-electron chi connectivity index (χ1n) is 11.1. The molecule has 6 nitrogen and oxygen atoms in total. The number of fused-ring (bicyclic) bond motifs is 3. The van der Waals surface area contributed by atoms with Crippen LogP contribution in [0.3, 0.4) is 0 Å². The summed E-state index contributed by atoms with van der Waals surface area (Å²) in [6, 6.07) is 12.6. The van der Waals surface area contributed by atoms with Crippen LogP contribution < -0.4 is 19.5 Å². The summed E-state index contributed by atoms with van der Waals surface area (Å²) in [7, 11) is 3.41. The molecule has 0 aliphatic carbocycles. The zero-order valence-corrected chi connectivity index (χ0v) is 19.0. The Morgan fingerprint density at radius 1 is 1.00 bits per heavy atom. The zero-order chi connectivity index (χ0) is 21.8. The van der Waals surface area contributed by atoms with Crippen molar-refractivity contribution >= 4 is 10.9 Å². The summed E-state index contributed by atoms with van der Waals surface area (Å²) >= 11 is 0. The van der Waals surface area contributed by atoms with Gasteiger partial charge in [0.2, 0.25) is 0 Å². The smallest absolute Gasteiger partial charge is 0.161 e. The molecule has 0 fully saturated rings. The SMILES string of the molecule is CCN(CC)CCOc1ccc(C2NCCc3c2[nH]c2ccc(OC)cc32)cc1OC. The van der Waals surface area contributed by atoms with Crippen LogP contribution in [0.1, 0.15) is 36.7 Å². The Morgan fingerprint density at radius 3 is 2.58 bits per heavy atom. The van der Waals surface area contributed by atoms with Crippen molar-refractivity contribution in [1.82, 2.24) is 15.2 Å². The van der Waals surface area contributed by atoms with E-state index in [2.05, 4.69) is 53.3 Å². The van der Waals surface area contributed by atoms with E-state index in [1.54, 1.807) is 14.2 Å². The Balaban J connectivity index is 1.59. The Hall–Kier alpha value is -2.70. The fourth-order valence-electron chi connectivity index (χ4n) is 4.43. The average Bonchev–Trinajstić information content (AvgIpc) is 3.20. The summed E-state index contributed by atoms with van der Waals surface area (Å²) in [4.78, 5) is 5.98. The molecule has 1 atom stereocenters. The van der Waals surface area contributed by atoms with E-state index >= 15 is 0 Å². The molecular weight excluding hydrogens is 390 g/mol. The fraction of sp³-hybridized carbons (Fsp3) is 0.440. The second kappa shape index (κ2) is 9.62. The maximum Gasteiger partial charge on any atom is 0.161 e. The topological polar surface area (TPSA) is 58.8 Å². The van der Waals surface area contributed by atoms with Crippen LogP contribution in [0.15, 0.2) is 36.4 Å². The lowest BCUT2D eigenvalue weighted by Crippen LogP contribution is -2.30. The predicted molar refractivity (Wildman–Crippen MR) is 125 cm³/mol. The number of likely N-dealkylation sites (N-methyl/N-ethyl adjacent to an activating group) is 1. The van der Waals surface area contributed by atoms with Crippen molar-refractivity contribution in [2.75, 3.05) is 47.0 Å². The molecule has 0 bridgehead atoms. The van der Waals surface area contributed by atoms with E-state index in [9.17, 15) is 0 Å². The number of aromatic amines is 1. The molecule has 1 aliphatic heterocycles. The first-order valence-corrected chi connectivity index (χ1v) is 11.1. The third-order valence-corrected chi connectivity index (χ3v) is 6.24. The van der Waals surface area contributed by atoms with Gasteiger partial charge in [0.1, 0.15) is 12.4 Å². The molecule has 0 saturated heterocycles. The van der Waals surface area contributed by atoms with Gasteiger partial charge in [0.05, 0.1) is 20.3 Å². The summed E-state index contributed by atoms with van der Waals surface area (Å²) in [5, 5.41) is 4.90. The molecule has 4 rings (SSSR count). The van der Waals surface area contributed by atoms with Crippen molar-refractivity contribution in [1.29, 1.82) is 0 Å². The van der Waals surface area contributed by atoms with E-state index in [1.807, 2.05) is 12.1 Å². The van der Waals surface area contributed by atoms with Crippen LogP contribution >= 0.6 is 0 Å². The zero-order valence-electron chi connectivity index (χ0n) is 19.0. The van der Waals surface area contributed by atoms with Gasteiger partial charge < -0.3 is 29.4 Å². The first kappa shape index (κ1) is 21.5. The van der Waals surface area contributed by atoms with Crippen LogP contribution in [0.4, 0.5) is 0 Å². The van der Waals surface area contributed by atoms with E-state index < -0.39 is 0 Å². The molecule has 0 amide bonds. The number of rotatable bonds is 9. The second-order valence-electron chi connectivity index (χ2n) is 7.85. The molecule has 2 heterocycles. The number of hydrogen-bond acceptors (Lipinski definition) is 5. The molecule has 166 valence electrons. The second-order valence-corrected chi connectivity index (χ2v) is 7.85. The molecule has 3 aromatic rings. The highest BCUT2D eigenvalue weighted by Gasteiger charge is 2.26. The van der Waals surface area contributed by atoms with Gasteiger partial charge in [-0.15, -0.1) is 0 Å². The Kier molecular flexibility index (Phi) is 6.68. The van der Waals surface area contributed by atoms with Crippen molar-refractivity contribution in [2.24, 2.45) is 0 Å². The van der Waals surface area contributed by atoms with Crippen molar-refractivity contribution in [3.63, 3.8) is 0 Å². The van der Waals surface area contributed by atoms with Crippen molar-refractivity contribution in [3.05, 3.63) is 53.2 Å². The maximum absolute atomic E-state index is 6.04. The summed E-state index contributed by atoms with van der Waals surface area (Å²) in [5.41, 5.74) is 4.87. The molecule has 0 radical (unpaired) electrons. The minimum atomic E-state index is 0.0840. The Labute approximate surface area is 184 Å². The van der Waals surface area contributed by atoms with Gasteiger partial charge in [0, 0.05) is 29.7 Å². The third-order valence-electron chi connectivity index (χ3n) is 6.24. The molecule has 2 aromatic carbocycles. The van der Waals surface area contributed by atoms with Gasteiger partial charge in [-0.25, -0.2) is 0 Å². The molecule has 6 heteroatoms. The average molecular weight is 424 g/mol. The Bertz CT molecular complexity index is 1030. The van der Waals surface area contributed by atoms with Gasteiger partial charge in [-0.1, -0.05) is 19.9 Å². The molecule has 0 saturated carbocycles. The summed E-state index contributed by atoms with van der Waals surface area (Å²) < 4.78 is 17.1. The van der Waals surface area contributed by atoms with Crippen LogP contribution in [-0.2, 0) is 6.42 Å². The van der Waals surface area contributed by atoms with Crippen LogP contribution in [-0.4, -0.2) is 56.9 Å². The number of aromatic nitrogens is 1. The van der Waals surface area contributed by atoms with Crippen LogP contribution in [0.2, 0.25) is 0 Å². The molecular formula is C25H33N3O3. The van der Waals surface area contributed by atoms with Crippen molar-refractivity contribution < 1.29 is 14.2 Å². The molecule has 1 unspecified atom stereocenters. The first-order chi connectivity index (χ1) is 15.2. The van der Waals surface area contributed by atoms with Crippen LogP contribution in [0, 0.1) is 0 Å². The van der Waals surface area contributed by atoms with Crippen molar-refractivity contribution in [3.8, 4) is 17.2 Å². The van der Waals surface area contributed by atoms with Gasteiger partial charge in [0.15, 0.2) is 11.5 Å². The minimum absolute atomic E-state index is 0.0840. The monoisotopic (exact) mass is 423 g/mol. The number of benzene rings is 2. The summed E-state index contributed by atoms with van der Waals surface area (Å²) in [5.74, 6) is 2.44. The lowest BCUT2D eigenvalue weighted by Gasteiger charge is -2.25. The Morgan fingerprint density at radius 2 is 1.84 bits per heavy atom. The van der Waals surface area contributed by atoms with Gasteiger partial charge in [-0.3, -0.25) is 0 Å². The predicted octanol–water partition coefficient (Wildman–Crippen LogP) is 4.14. The van der Waals surface area contributed by atoms with E-state index in [1.165, 1.54) is 16.6 Å². The largest absolute Gasteiger partial charge is 0.497 e. The normalized spacial score (nSPS) is 15.8. The van der Waals surface area contributed by atoms with Crippen molar-refractivity contribution in [2.45, 2.75) is 26.3 Å². The third kappa shape index (κ3) is 4.36. The maximum atomic E-state index is 6.04. The summed E-state index contributed by atoms with van der Waals surface area (Å²) in [6.45, 7) is 8.88. The number of hydrogen-bond donors (Lipinski definition) is 2. The van der Waals surface area contributed by atoms with Gasteiger partial charge in [0.25, 0.3) is 0 Å². The molecule has 1 aliphatic rings. The standard InChI is InChI=1S/C25H33N3O3/c1-5-28(6-2)13-14-31-22-10-7-17(15-23(22)30-4)24-25-19(11-12-26-24)20-16-18(29-3)8-9-21(20)27-25/h7-10,15-16,24,26-27H,5-6,11-14H2,1-4H3. The van der Waals surface area contributed by atoms with E-state index in [0.29, 0.717) is 6.61 Å². The molecule has 31 heavy (non-hydrogen) atoms. The van der Waals surface area contributed by atoms with E-state index in [4.69, 9.17) is 14.2 Å². The van der Waals surface area contributed by atoms with Gasteiger partial charge >= 0.3 is 0 Å². The number of ether oxygens (including phenoxy) is 3. The lowest BCUT2D eigenvalue weighted by atomic mass is 9.94. The molecule has 0 spiro atoms.